The maximum Gasteiger partial charge on any atom is 0.101 e. The van der Waals surface area contributed by atoms with Crippen LogP contribution in [0.2, 0.25) is 0 Å². The number of nitriles is 2. The molecule has 0 amide bonds. The van der Waals surface area contributed by atoms with Gasteiger partial charge in [0.2, 0.25) is 0 Å². The highest BCUT2D eigenvalue weighted by Crippen LogP contribution is 2.35. The molecule has 78 valence electrons. The van der Waals surface area contributed by atoms with Crippen LogP contribution in [0.4, 0.5) is 0 Å². The van der Waals surface area contributed by atoms with Crippen molar-refractivity contribution in [2.45, 2.75) is 6.42 Å². The van der Waals surface area contributed by atoms with Crippen molar-refractivity contribution in [1.82, 2.24) is 0 Å². The topological polar surface area (TPSA) is 47.6 Å². The highest BCUT2D eigenvalue weighted by atomic mass is 14.3. The maximum absolute atomic E-state index is 9.21. The second-order valence-electron chi connectivity index (χ2n) is 4.07. The van der Waals surface area contributed by atoms with Crippen molar-refractivity contribution >= 4 is 16.3 Å². The van der Waals surface area contributed by atoms with E-state index in [1.807, 2.05) is 36.4 Å². The quantitative estimate of drug-likeness (QED) is 0.678. The molecule has 0 radical (unpaired) electrons. The lowest BCUT2D eigenvalue weighted by molar-refractivity contribution is 1.20. The molecule has 1 aliphatic rings. The third kappa shape index (κ3) is 1.25. The fourth-order valence-corrected chi connectivity index (χ4v) is 2.44. The second kappa shape index (κ2) is 3.47. The van der Waals surface area contributed by atoms with Crippen molar-refractivity contribution < 1.29 is 0 Å². The summed E-state index contributed by atoms with van der Waals surface area (Å²) in [6.07, 6.45) is 0.563. The average Bonchev–Trinajstić information content (AvgIpc) is 2.39. The van der Waals surface area contributed by atoms with Crippen molar-refractivity contribution in [2.24, 2.45) is 0 Å². The number of hydrogen-bond acceptors (Lipinski definition) is 2. The van der Waals surface area contributed by atoms with Crippen LogP contribution < -0.4 is 0 Å². The first-order valence-corrected chi connectivity index (χ1v) is 5.39. The summed E-state index contributed by atoms with van der Waals surface area (Å²) in [5.41, 5.74) is 3.12. The van der Waals surface area contributed by atoms with Crippen LogP contribution in [-0.4, -0.2) is 0 Å². The fourth-order valence-electron chi connectivity index (χ4n) is 2.44. The average molecular weight is 216 g/mol. The van der Waals surface area contributed by atoms with Gasteiger partial charge >= 0.3 is 0 Å². The molecule has 0 saturated carbocycles. The Labute approximate surface area is 99.0 Å². The molecule has 17 heavy (non-hydrogen) atoms. The minimum Gasteiger partial charge on any atom is -0.193 e. The van der Waals surface area contributed by atoms with Crippen molar-refractivity contribution in [3.8, 4) is 12.1 Å². The molecule has 3 rings (SSSR count). The largest absolute Gasteiger partial charge is 0.193 e. The van der Waals surface area contributed by atoms with E-state index in [4.69, 9.17) is 5.26 Å². The zero-order valence-corrected chi connectivity index (χ0v) is 9.07. The van der Waals surface area contributed by atoms with Gasteiger partial charge in [0.25, 0.3) is 0 Å². The minimum atomic E-state index is 0.525. The van der Waals surface area contributed by atoms with E-state index in [1.165, 1.54) is 0 Å². The van der Waals surface area contributed by atoms with Gasteiger partial charge in [-0.05, 0) is 16.3 Å². The normalized spacial score (nSPS) is 13.3. The molecule has 0 fully saturated rings. The first-order valence-electron chi connectivity index (χ1n) is 5.39. The molecule has 1 aliphatic carbocycles. The Morgan fingerprint density at radius 2 is 1.71 bits per heavy atom. The smallest absolute Gasteiger partial charge is 0.101 e. The summed E-state index contributed by atoms with van der Waals surface area (Å²) >= 11 is 0. The molecule has 0 spiro atoms. The fraction of sp³-hybridized carbons (Fsp3) is 0.0667. The molecule has 2 heteroatoms. The molecule has 2 aromatic rings. The van der Waals surface area contributed by atoms with E-state index in [2.05, 4.69) is 12.1 Å². The highest BCUT2D eigenvalue weighted by Gasteiger charge is 2.20. The molecule has 2 nitrogen and oxygen atoms in total. The molecule has 0 bridgehead atoms. The van der Waals surface area contributed by atoms with Gasteiger partial charge in [-0.25, -0.2) is 0 Å². The van der Waals surface area contributed by atoms with Gasteiger partial charge in [-0.1, -0.05) is 36.4 Å². The molecule has 0 heterocycles. The van der Waals surface area contributed by atoms with Crippen molar-refractivity contribution in [3.05, 3.63) is 53.1 Å². The van der Waals surface area contributed by atoms with Crippen LogP contribution in [0.25, 0.3) is 16.3 Å². The number of hydrogen-bond donors (Lipinski definition) is 0. The summed E-state index contributed by atoms with van der Waals surface area (Å²) in [6.45, 7) is 0. The molecule has 0 unspecified atom stereocenters. The van der Waals surface area contributed by atoms with Crippen molar-refractivity contribution in [1.29, 1.82) is 10.5 Å². The summed E-state index contributed by atoms with van der Waals surface area (Å²) < 4.78 is 0. The van der Waals surface area contributed by atoms with E-state index in [9.17, 15) is 5.26 Å². The predicted octanol–water partition coefficient (Wildman–Crippen LogP) is 3.20. The van der Waals surface area contributed by atoms with Crippen LogP contribution in [-0.2, 0) is 6.42 Å². The Balaban J connectivity index is 2.49. The number of benzene rings is 2. The summed E-state index contributed by atoms with van der Waals surface area (Å²) in [7, 11) is 0. The van der Waals surface area contributed by atoms with Gasteiger partial charge in [0.05, 0.1) is 17.2 Å². The zero-order chi connectivity index (χ0) is 11.8. The number of rotatable bonds is 0. The van der Waals surface area contributed by atoms with Crippen LogP contribution >= 0.6 is 0 Å². The summed E-state index contributed by atoms with van der Waals surface area (Å²) in [6, 6.07) is 16.2. The Hall–Kier alpha value is -2.58. The third-order valence-electron chi connectivity index (χ3n) is 3.18. The van der Waals surface area contributed by atoms with Crippen LogP contribution in [0.1, 0.15) is 11.1 Å². The Morgan fingerprint density at radius 3 is 2.41 bits per heavy atom. The van der Waals surface area contributed by atoms with Gasteiger partial charge < -0.3 is 0 Å². The molecule has 0 aliphatic heterocycles. The molecule has 2 aromatic carbocycles. The van der Waals surface area contributed by atoms with Crippen LogP contribution in [0.5, 0.6) is 0 Å². The van der Waals surface area contributed by atoms with E-state index in [-0.39, 0.29) is 0 Å². The standard InChI is InChI=1S/C15H8N2/c16-8-12-7-11-5-1-3-10-4-2-6-13(15(10)11)14(12)9-17/h1-6H,7H2. The Bertz CT molecular complexity index is 734. The molecule has 0 saturated heterocycles. The maximum atomic E-state index is 9.21. The lowest BCUT2D eigenvalue weighted by atomic mass is 9.84. The summed E-state index contributed by atoms with van der Waals surface area (Å²) in [5, 5.41) is 20.6. The van der Waals surface area contributed by atoms with E-state index >= 15 is 0 Å². The number of allylic oxidation sites excluding steroid dienone is 2. The van der Waals surface area contributed by atoms with E-state index in [1.54, 1.807) is 0 Å². The first kappa shape index (κ1) is 9.63. The number of nitrogens with zero attached hydrogens (tertiary/aromatic N) is 2. The van der Waals surface area contributed by atoms with Crippen LogP contribution in [0, 0.1) is 22.7 Å². The molecule has 0 N–H and O–H groups in total. The van der Waals surface area contributed by atoms with Gasteiger partial charge in [0.15, 0.2) is 0 Å². The second-order valence-corrected chi connectivity index (χ2v) is 4.07. The molecule has 0 atom stereocenters. The Kier molecular flexibility index (Phi) is 1.97. The van der Waals surface area contributed by atoms with Crippen molar-refractivity contribution in [2.75, 3.05) is 0 Å². The van der Waals surface area contributed by atoms with E-state index in [0.29, 0.717) is 17.6 Å². The molecular weight excluding hydrogens is 208 g/mol. The van der Waals surface area contributed by atoms with E-state index in [0.717, 1.165) is 21.9 Å². The highest BCUT2D eigenvalue weighted by molar-refractivity contribution is 6.02. The van der Waals surface area contributed by atoms with Gasteiger partial charge in [0.1, 0.15) is 6.07 Å². The minimum absolute atomic E-state index is 0.525. The molecule has 0 aromatic heterocycles. The SMILES string of the molecule is N#CC1=C(C#N)c2cccc3cccc(c23)C1. The van der Waals surface area contributed by atoms with Gasteiger partial charge in [-0.3, -0.25) is 0 Å². The van der Waals surface area contributed by atoms with Crippen LogP contribution in [0.3, 0.4) is 0 Å². The Morgan fingerprint density at radius 1 is 0.941 bits per heavy atom. The lowest BCUT2D eigenvalue weighted by Gasteiger charge is -2.16. The summed E-state index contributed by atoms with van der Waals surface area (Å²) in [5.74, 6) is 0. The molecular formula is C15H8N2. The lowest BCUT2D eigenvalue weighted by Crippen LogP contribution is -2.02. The zero-order valence-electron chi connectivity index (χ0n) is 9.07. The predicted molar refractivity (Wildman–Crippen MR) is 65.8 cm³/mol. The van der Waals surface area contributed by atoms with Crippen LogP contribution in [0.15, 0.2) is 42.0 Å². The van der Waals surface area contributed by atoms with Gasteiger partial charge in [0, 0.05) is 12.0 Å². The monoisotopic (exact) mass is 216 g/mol. The van der Waals surface area contributed by atoms with Gasteiger partial charge in [-0.2, -0.15) is 10.5 Å². The van der Waals surface area contributed by atoms with Gasteiger partial charge in [-0.15, -0.1) is 0 Å². The van der Waals surface area contributed by atoms with Crippen molar-refractivity contribution in [3.63, 3.8) is 0 Å². The summed E-state index contributed by atoms with van der Waals surface area (Å²) in [4.78, 5) is 0. The van der Waals surface area contributed by atoms with E-state index < -0.39 is 0 Å². The first-order chi connectivity index (χ1) is 8.35. The third-order valence-corrected chi connectivity index (χ3v) is 3.18.